The van der Waals surface area contributed by atoms with Crippen molar-refractivity contribution in [2.45, 2.75) is 13.1 Å². The minimum atomic E-state index is -5.08. The number of nitrogens with zero attached hydrogens (tertiary/aromatic N) is 2. The minimum Gasteiger partial charge on any atom is -0.504 e. The van der Waals surface area contributed by atoms with Crippen LogP contribution < -0.4 is 47.3 Å². The van der Waals surface area contributed by atoms with Gasteiger partial charge in [0.25, 0.3) is 5.91 Å². The molecule has 0 bridgehead atoms. The van der Waals surface area contributed by atoms with Gasteiger partial charge in [-0.3, -0.25) is 19.6 Å². The predicted octanol–water partition coefficient (Wildman–Crippen LogP) is 7.37. The monoisotopic (exact) mass is 1050 g/mol. The summed E-state index contributed by atoms with van der Waals surface area (Å²) in [6.07, 6.45) is -3.53. The number of thioether (sulfide) groups is 1. The van der Waals surface area contributed by atoms with Crippen LogP contribution in [0.15, 0.2) is 141 Å². The van der Waals surface area contributed by atoms with E-state index in [2.05, 4.69) is 52.5 Å². The molecule has 8 rings (SSSR count). The Morgan fingerprint density at radius 3 is 1.77 bits per heavy atom. The molecule has 3 heterocycles. The summed E-state index contributed by atoms with van der Waals surface area (Å²) in [7, 11) is 0. The van der Waals surface area contributed by atoms with Crippen LogP contribution in [0.4, 0.5) is 51.2 Å². The number of carboxylic acid groups (broad SMARTS) is 1. The number of rotatable bonds is 16. The lowest BCUT2D eigenvalue weighted by Gasteiger charge is -2.14. The first-order valence-electron chi connectivity index (χ1n) is 22.8. The molecule has 75 heavy (non-hydrogen) atoms. The van der Waals surface area contributed by atoms with Crippen LogP contribution in [0.25, 0.3) is 6.08 Å². The number of aliphatic carboxylic acids is 1. The van der Waals surface area contributed by atoms with E-state index >= 15 is 0 Å². The largest absolute Gasteiger partial charge is 0.504 e. The number of Topliss-reactive ketones (excluding diaryl/α,β-unsaturated/α-hetero) is 1. The summed E-state index contributed by atoms with van der Waals surface area (Å²) in [5.74, 6) is -3.07. The lowest BCUT2D eigenvalue weighted by Crippen LogP contribution is -2.28. The lowest BCUT2D eigenvalue weighted by molar-refractivity contribution is -0.192. The molecule has 0 fully saturated rings. The van der Waals surface area contributed by atoms with E-state index in [4.69, 9.17) is 19.4 Å². The second kappa shape index (κ2) is 24.9. The molecule has 3 aliphatic rings. The molecule has 0 saturated heterocycles. The van der Waals surface area contributed by atoms with E-state index in [1.807, 2.05) is 42.5 Å². The zero-order valence-electron chi connectivity index (χ0n) is 39.6. The van der Waals surface area contributed by atoms with E-state index in [9.17, 15) is 42.3 Å². The number of carbonyl (C=O) groups excluding carboxylic acids is 5. The van der Waals surface area contributed by atoms with E-state index in [0.29, 0.717) is 40.7 Å². The Kier molecular flexibility index (Phi) is 17.7. The van der Waals surface area contributed by atoms with Crippen molar-refractivity contribution in [1.82, 2.24) is 16.0 Å². The third-order valence-corrected chi connectivity index (χ3v) is 11.5. The topological polar surface area (TPSA) is 282 Å². The van der Waals surface area contributed by atoms with Crippen molar-refractivity contribution in [3.05, 3.63) is 153 Å². The third-order valence-electron chi connectivity index (χ3n) is 10.5. The quantitative estimate of drug-likeness (QED) is 0.0200. The highest BCUT2D eigenvalue weighted by Crippen LogP contribution is 2.41. The maximum atomic E-state index is 13.6. The second-order valence-corrected chi connectivity index (χ2v) is 17.0. The Hall–Kier alpha value is -9.32. The molecule has 0 spiro atoms. The number of amidine groups is 2. The molecule has 0 aliphatic carbocycles. The van der Waals surface area contributed by atoms with Gasteiger partial charge in [-0.1, -0.05) is 36.0 Å². The molecule has 0 saturated carbocycles. The van der Waals surface area contributed by atoms with Crippen molar-refractivity contribution >= 4 is 93.6 Å². The number of allylic oxidation sites excluding steroid dienone is 1. The number of amides is 5. The van der Waals surface area contributed by atoms with Crippen LogP contribution in [0.5, 0.6) is 11.5 Å². The smallest absolute Gasteiger partial charge is 0.490 e. The fraction of sp³-hybridized carbons (Fsp3) is 0.176. The minimum absolute atomic E-state index is 0.00593. The Balaban J connectivity index is 0.00000109. The number of alkyl halides is 3. The van der Waals surface area contributed by atoms with Crippen molar-refractivity contribution in [3.63, 3.8) is 0 Å². The number of carbonyl (C=O) groups is 6. The van der Waals surface area contributed by atoms with Crippen molar-refractivity contribution in [2.75, 3.05) is 72.5 Å². The molecular formula is C51H47F3N10O10S. The summed E-state index contributed by atoms with van der Waals surface area (Å²) in [5.41, 5.74) is 4.41. The van der Waals surface area contributed by atoms with E-state index < -0.39 is 41.9 Å². The average molecular weight is 1050 g/mol. The Labute approximate surface area is 430 Å². The molecule has 10 N–H and O–H groups in total. The number of phenolic OH excluding ortho intramolecular Hbond substituents is 1. The summed E-state index contributed by atoms with van der Waals surface area (Å²) < 4.78 is 42.7. The fourth-order valence-electron chi connectivity index (χ4n) is 7.08. The molecule has 388 valence electrons. The number of ether oxygens (including phenoxy) is 2. The van der Waals surface area contributed by atoms with Crippen molar-refractivity contribution in [3.8, 4) is 11.5 Å². The van der Waals surface area contributed by atoms with E-state index in [1.54, 1.807) is 55.5 Å². The molecule has 20 nitrogen and oxygen atoms in total. The van der Waals surface area contributed by atoms with Crippen LogP contribution in [0.1, 0.15) is 34.0 Å². The number of esters is 1. The number of para-hydroxylation sites is 1. The summed E-state index contributed by atoms with van der Waals surface area (Å²) in [6.45, 7) is 4.64. The second-order valence-electron chi connectivity index (χ2n) is 15.9. The molecule has 0 aromatic heterocycles. The maximum absolute atomic E-state index is 13.6. The predicted molar refractivity (Wildman–Crippen MR) is 277 cm³/mol. The number of nitrogens with one attached hydrogen (secondary N) is 8. The first kappa shape index (κ1) is 53.5. The van der Waals surface area contributed by atoms with Crippen molar-refractivity contribution < 1.29 is 61.6 Å². The van der Waals surface area contributed by atoms with Crippen molar-refractivity contribution in [2.24, 2.45) is 9.98 Å². The number of benzene rings is 5. The molecule has 5 aromatic carbocycles. The zero-order chi connectivity index (χ0) is 53.5. The van der Waals surface area contributed by atoms with Crippen LogP contribution in [0.2, 0.25) is 0 Å². The van der Waals surface area contributed by atoms with Crippen LogP contribution in [-0.2, 0) is 19.1 Å². The Bertz CT molecular complexity index is 2990. The van der Waals surface area contributed by atoms with Gasteiger partial charge >= 0.3 is 30.2 Å². The van der Waals surface area contributed by atoms with Gasteiger partial charge in [-0.25, -0.2) is 19.2 Å². The Morgan fingerprint density at radius 1 is 0.733 bits per heavy atom. The van der Waals surface area contributed by atoms with Gasteiger partial charge in [0.1, 0.15) is 23.9 Å². The van der Waals surface area contributed by atoms with Gasteiger partial charge in [0, 0.05) is 58.2 Å². The number of hydrogen-bond acceptors (Lipinski definition) is 15. The highest BCUT2D eigenvalue weighted by molar-refractivity contribution is 8.08. The molecule has 0 radical (unpaired) electrons. The fourth-order valence-corrected chi connectivity index (χ4v) is 8.14. The molecule has 24 heteroatoms. The Morgan fingerprint density at radius 2 is 1.28 bits per heavy atom. The van der Waals surface area contributed by atoms with Gasteiger partial charge < -0.3 is 62.2 Å². The number of hydrogen-bond donors (Lipinski definition) is 10. The summed E-state index contributed by atoms with van der Waals surface area (Å²) >= 11 is 1.08. The summed E-state index contributed by atoms with van der Waals surface area (Å²) in [6, 6.07) is 31.3. The molecule has 0 atom stereocenters. The van der Waals surface area contributed by atoms with E-state index in [0.717, 1.165) is 47.6 Å². The maximum Gasteiger partial charge on any atom is 0.490 e. The number of ketones is 1. The summed E-state index contributed by atoms with van der Waals surface area (Å²) in [5, 5.41) is 41.7. The van der Waals surface area contributed by atoms with Gasteiger partial charge in [0.05, 0.1) is 36.2 Å². The lowest BCUT2D eigenvalue weighted by atomic mass is 10.1. The van der Waals surface area contributed by atoms with Crippen LogP contribution in [0, 0.1) is 0 Å². The van der Waals surface area contributed by atoms with Gasteiger partial charge in [-0.05, 0) is 110 Å². The van der Waals surface area contributed by atoms with Gasteiger partial charge in [-0.2, -0.15) is 13.2 Å². The van der Waals surface area contributed by atoms with E-state index in [-0.39, 0.29) is 58.7 Å². The zero-order valence-corrected chi connectivity index (χ0v) is 40.4. The molecule has 3 aliphatic heterocycles. The normalized spacial score (nSPS) is 14.2. The molecule has 0 unspecified atom stereocenters. The van der Waals surface area contributed by atoms with Gasteiger partial charge in [-0.15, -0.1) is 0 Å². The number of urea groups is 2. The first-order valence-corrected chi connectivity index (χ1v) is 23.6. The molecule has 5 aromatic rings. The number of aliphatic imine (C=N–C) groups is 2. The van der Waals surface area contributed by atoms with Crippen molar-refractivity contribution in [1.29, 1.82) is 0 Å². The molecular weight excluding hydrogens is 1000 g/mol. The number of anilines is 5. The van der Waals surface area contributed by atoms with Crippen LogP contribution >= 0.6 is 11.8 Å². The highest BCUT2D eigenvalue weighted by Gasteiger charge is 2.38. The third kappa shape index (κ3) is 15.1. The van der Waals surface area contributed by atoms with Crippen LogP contribution in [-0.4, -0.2) is 110 Å². The number of halogens is 3. The average Bonchev–Trinajstić information content (AvgIpc) is 4.18. The van der Waals surface area contributed by atoms with Gasteiger partial charge in [0.2, 0.25) is 5.78 Å². The number of carboxylic acids is 1. The highest BCUT2D eigenvalue weighted by atomic mass is 32.2. The number of aromatic hydroxyl groups is 1. The van der Waals surface area contributed by atoms with Crippen LogP contribution in [0.3, 0.4) is 0 Å². The van der Waals surface area contributed by atoms with Gasteiger partial charge in [0.15, 0.2) is 11.5 Å². The SMILES string of the molecule is CCOC(=O)C1=C(Nc2ccccc2)S/C(=C\c2ccc(OCCNC(=O)c3cc(NC(=O)Nc4ccc(C5=NCCN5)cc4)cc(NC(=O)Nc4ccc(C5=NCCN5)cc4)c3)c(O)c2)C1=O.O=C(O)C(F)(F)F. The molecule has 5 amide bonds. The van der Waals surface area contributed by atoms with E-state index in [1.165, 1.54) is 30.3 Å². The summed E-state index contributed by atoms with van der Waals surface area (Å²) in [4.78, 5) is 84.1. The standard InChI is InChI=1S/C49H46N10O8S.C2HF3O2/c1-2-66-47(63)41-42(61)40(68-46(41)55-33-6-4-3-5-7-33)25-29-8-17-39(38(60)24-29)67-23-22-54-45(62)32-26-36(58-48(64)56-34-13-9-30(10-14-34)43-50-18-19-51-43)28-37(27-32)59-49(65)57-35-15-11-31(12-16-35)44-52-20-21-53-44;3-2(4,5)1(6)7/h3-17,24-28,55,60H,2,18-23H2,1H3,(H,50,51)(H,52,53)(H,54,62)(H2,56,58,64)(H2,57,59,65);(H,6,7)/b40-25-;. The first-order chi connectivity index (χ1) is 36.0. The number of phenols is 1.